The molecule has 0 atom stereocenters. The first-order valence-electron chi connectivity index (χ1n) is 8.00. The van der Waals surface area contributed by atoms with Crippen LogP contribution in [0.1, 0.15) is 38.1 Å². The van der Waals surface area contributed by atoms with Crippen LogP contribution in [0.15, 0.2) is 22.7 Å². The zero-order valence-corrected chi connectivity index (χ0v) is 18.1. The molecule has 0 bridgehead atoms. The molecular formula is C17H15BrClNO5S2. The number of anilines is 1. The molecule has 144 valence electrons. The van der Waals surface area contributed by atoms with Gasteiger partial charge in [0, 0.05) is 9.35 Å². The third kappa shape index (κ3) is 4.37. The minimum atomic E-state index is -3.21. The van der Waals surface area contributed by atoms with Crippen molar-refractivity contribution in [2.75, 3.05) is 17.7 Å². The summed E-state index contributed by atoms with van der Waals surface area (Å²) in [5, 5.41) is 3.23. The first kappa shape index (κ1) is 20.3. The monoisotopic (exact) mass is 491 g/mol. The van der Waals surface area contributed by atoms with E-state index in [1.54, 1.807) is 25.1 Å². The zero-order valence-electron chi connectivity index (χ0n) is 14.2. The molecule has 6 nitrogen and oxygen atoms in total. The first-order chi connectivity index (χ1) is 12.7. The number of esters is 1. The van der Waals surface area contributed by atoms with Crippen molar-refractivity contribution in [3.63, 3.8) is 0 Å². The topological polar surface area (TPSA) is 89.5 Å². The van der Waals surface area contributed by atoms with Gasteiger partial charge in [-0.2, -0.15) is 0 Å². The van der Waals surface area contributed by atoms with Gasteiger partial charge in [-0.25, -0.2) is 13.2 Å². The molecule has 1 aliphatic heterocycles. The molecule has 2 aromatic rings. The van der Waals surface area contributed by atoms with E-state index in [2.05, 4.69) is 21.2 Å². The molecule has 27 heavy (non-hydrogen) atoms. The zero-order chi connectivity index (χ0) is 19.8. The highest BCUT2D eigenvalue weighted by Gasteiger charge is 2.32. The second kappa shape index (κ2) is 7.90. The molecular weight excluding hydrogens is 478 g/mol. The highest BCUT2D eigenvalue weighted by atomic mass is 79.9. The maximum Gasteiger partial charge on any atom is 0.341 e. The van der Waals surface area contributed by atoms with Crippen molar-refractivity contribution in [3.8, 4) is 0 Å². The summed E-state index contributed by atoms with van der Waals surface area (Å²) in [7, 11) is -3.21. The van der Waals surface area contributed by atoms with Gasteiger partial charge in [-0.05, 0) is 37.1 Å². The van der Waals surface area contributed by atoms with Gasteiger partial charge in [0.2, 0.25) is 0 Å². The molecule has 10 heteroatoms. The number of fused-ring (bicyclic) bond motifs is 1. The number of rotatable bonds is 4. The molecule has 0 spiro atoms. The number of sulfone groups is 1. The first-order valence-corrected chi connectivity index (χ1v) is 11.8. The highest BCUT2D eigenvalue weighted by molar-refractivity contribution is 9.10. The lowest BCUT2D eigenvalue weighted by molar-refractivity contribution is 0.0527. The van der Waals surface area contributed by atoms with E-state index in [0.29, 0.717) is 14.9 Å². The van der Waals surface area contributed by atoms with Gasteiger partial charge < -0.3 is 10.1 Å². The van der Waals surface area contributed by atoms with Crippen molar-refractivity contribution in [1.29, 1.82) is 0 Å². The Morgan fingerprint density at radius 2 is 2.11 bits per heavy atom. The fourth-order valence-corrected chi connectivity index (χ4v) is 6.37. The van der Waals surface area contributed by atoms with Gasteiger partial charge in [0.1, 0.15) is 5.00 Å². The minimum absolute atomic E-state index is 0.0337. The van der Waals surface area contributed by atoms with Crippen LogP contribution in [-0.2, 0) is 26.7 Å². The predicted octanol–water partition coefficient (Wildman–Crippen LogP) is 4.06. The summed E-state index contributed by atoms with van der Waals surface area (Å²) in [4.78, 5) is 25.7. The summed E-state index contributed by atoms with van der Waals surface area (Å²) >= 11 is 10.5. The van der Waals surface area contributed by atoms with Crippen molar-refractivity contribution in [2.45, 2.75) is 19.1 Å². The number of ether oxygens (including phenoxy) is 1. The average Bonchev–Trinajstić information content (AvgIpc) is 2.92. The van der Waals surface area contributed by atoms with Crippen LogP contribution >= 0.6 is 38.9 Å². The Morgan fingerprint density at radius 3 is 2.81 bits per heavy atom. The van der Waals surface area contributed by atoms with Gasteiger partial charge in [-0.1, -0.05) is 27.5 Å². The van der Waals surface area contributed by atoms with E-state index in [1.165, 1.54) is 0 Å². The summed E-state index contributed by atoms with van der Waals surface area (Å²) in [5.74, 6) is -1.25. The van der Waals surface area contributed by atoms with Gasteiger partial charge in [-0.3, -0.25) is 4.79 Å². The minimum Gasteiger partial charge on any atom is -0.462 e. The van der Waals surface area contributed by atoms with Crippen LogP contribution in [0.5, 0.6) is 0 Å². The fraction of sp³-hybridized carbons (Fsp3) is 0.294. The molecule has 1 aromatic heterocycles. The van der Waals surface area contributed by atoms with Crippen LogP contribution in [0.2, 0.25) is 5.02 Å². The third-order valence-electron chi connectivity index (χ3n) is 3.98. The molecule has 0 radical (unpaired) electrons. The van der Waals surface area contributed by atoms with Gasteiger partial charge >= 0.3 is 5.97 Å². The van der Waals surface area contributed by atoms with E-state index in [-0.39, 0.29) is 45.7 Å². The molecule has 0 fully saturated rings. The number of halogens is 2. The maximum absolute atomic E-state index is 12.7. The molecule has 0 saturated heterocycles. The van der Waals surface area contributed by atoms with Gasteiger partial charge in [-0.15, -0.1) is 11.3 Å². The SMILES string of the molecule is CCOC(=O)c1c(NC(=O)c2cc(Br)ccc2Cl)sc2c1CCS(=O)(=O)C2. The lowest BCUT2D eigenvalue weighted by Gasteiger charge is -2.13. The number of carbonyl (C=O) groups excluding carboxylic acids is 2. The summed E-state index contributed by atoms with van der Waals surface area (Å²) in [6.07, 6.45) is 0.218. The molecule has 1 aliphatic rings. The van der Waals surface area contributed by atoms with Gasteiger partial charge in [0.15, 0.2) is 9.84 Å². The van der Waals surface area contributed by atoms with E-state index in [9.17, 15) is 18.0 Å². The number of thiophene rings is 1. The van der Waals surface area contributed by atoms with Crippen molar-refractivity contribution in [3.05, 3.63) is 49.3 Å². The van der Waals surface area contributed by atoms with E-state index in [4.69, 9.17) is 16.3 Å². The second-order valence-corrected chi connectivity index (χ2v) is 10.5. The lowest BCUT2D eigenvalue weighted by atomic mass is 10.1. The number of hydrogen-bond donors (Lipinski definition) is 1. The van der Waals surface area contributed by atoms with E-state index in [1.807, 2.05) is 0 Å². The van der Waals surface area contributed by atoms with E-state index in [0.717, 1.165) is 11.3 Å². The van der Waals surface area contributed by atoms with Crippen molar-refractivity contribution in [2.24, 2.45) is 0 Å². The van der Waals surface area contributed by atoms with Crippen LogP contribution in [0.25, 0.3) is 0 Å². The van der Waals surface area contributed by atoms with Crippen LogP contribution in [-0.4, -0.2) is 32.7 Å². The van der Waals surface area contributed by atoms with E-state index >= 15 is 0 Å². The smallest absolute Gasteiger partial charge is 0.341 e. The second-order valence-electron chi connectivity index (χ2n) is 5.85. The number of amides is 1. The van der Waals surface area contributed by atoms with Crippen LogP contribution in [0.3, 0.4) is 0 Å². The van der Waals surface area contributed by atoms with E-state index < -0.39 is 21.7 Å². The molecule has 1 amide bonds. The molecule has 3 rings (SSSR count). The number of hydrogen-bond acceptors (Lipinski definition) is 6. The number of carbonyl (C=O) groups is 2. The molecule has 2 heterocycles. The van der Waals surface area contributed by atoms with Gasteiger partial charge in [0.25, 0.3) is 5.91 Å². The normalized spacial score (nSPS) is 15.1. The Balaban J connectivity index is 2.01. The molecule has 1 N–H and O–H groups in total. The third-order valence-corrected chi connectivity index (χ3v) is 7.69. The van der Waals surface area contributed by atoms with Crippen LogP contribution < -0.4 is 5.32 Å². The van der Waals surface area contributed by atoms with Crippen LogP contribution in [0.4, 0.5) is 5.00 Å². The fourth-order valence-electron chi connectivity index (χ4n) is 2.77. The number of benzene rings is 1. The van der Waals surface area contributed by atoms with Crippen LogP contribution in [0, 0.1) is 0 Å². The van der Waals surface area contributed by atoms with Gasteiger partial charge in [0.05, 0.1) is 34.3 Å². The summed E-state index contributed by atoms with van der Waals surface area (Å²) in [6, 6.07) is 4.86. The Labute approximate surface area is 173 Å². The summed E-state index contributed by atoms with van der Waals surface area (Å²) < 4.78 is 29.7. The lowest BCUT2D eigenvalue weighted by Crippen LogP contribution is -2.20. The molecule has 0 unspecified atom stereocenters. The predicted molar refractivity (Wildman–Crippen MR) is 109 cm³/mol. The standard InChI is InChI=1S/C17H15BrClNO5S2/c1-2-25-17(22)14-10-5-6-27(23,24)8-13(10)26-16(14)20-15(21)11-7-9(18)3-4-12(11)19/h3-4,7H,2,5-6,8H2,1H3,(H,20,21). The highest BCUT2D eigenvalue weighted by Crippen LogP contribution is 2.39. The Kier molecular flexibility index (Phi) is 5.95. The maximum atomic E-state index is 12.7. The van der Waals surface area contributed by atoms with Crippen molar-refractivity contribution in [1.82, 2.24) is 0 Å². The summed E-state index contributed by atoms with van der Waals surface area (Å²) in [5.41, 5.74) is 1.09. The molecule has 1 aromatic carbocycles. The number of nitrogens with one attached hydrogen (secondary N) is 1. The Bertz CT molecular complexity index is 1030. The Hall–Kier alpha value is -1.42. The average molecular weight is 493 g/mol. The Morgan fingerprint density at radius 1 is 1.37 bits per heavy atom. The molecule has 0 aliphatic carbocycles. The molecule has 0 saturated carbocycles. The van der Waals surface area contributed by atoms with Crippen molar-refractivity contribution >= 4 is 65.6 Å². The summed E-state index contributed by atoms with van der Waals surface area (Å²) in [6.45, 7) is 1.85. The van der Waals surface area contributed by atoms with Crippen molar-refractivity contribution < 1.29 is 22.7 Å². The largest absolute Gasteiger partial charge is 0.462 e. The quantitative estimate of drug-likeness (QED) is 0.650.